The van der Waals surface area contributed by atoms with Gasteiger partial charge in [-0.1, -0.05) is 0 Å². The fourth-order valence-electron chi connectivity index (χ4n) is 0. The molecule has 0 unspecified atom stereocenters. The summed E-state index contributed by atoms with van der Waals surface area (Å²) in [5.41, 5.74) is 0. The van der Waals surface area contributed by atoms with E-state index in [1.807, 2.05) is 0 Å². The van der Waals surface area contributed by atoms with Crippen molar-refractivity contribution in [2.24, 2.45) is 0 Å². The minimum atomic E-state index is 0. The van der Waals surface area contributed by atoms with Crippen LogP contribution in [0.25, 0.3) is 0 Å². The van der Waals surface area contributed by atoms with E-state index >= 15 is 0 Å². The van der Waals surface area contributed by atoms with Crippen LogP contribution in [0.3, 0.4) is 0 Å². The predicted octanol–water partition coefficient (Wildman–Crippen LogP) is -3.52. The Morgan fingerprint density at radius 1 is 1.17 bits per heavy atom. The third-order valence-electron chi connectivity index (χ3n) is 0. The minimum absolute atomic E-state index is 0. The summed E-state index contributed by atoms with van der Waals surface area (Å²) in [6.45, 7) is 0. The van der Waals surface area contributed by atoms with Gasteiger partial charge in [0.25, 0.3) is 0 Å². The van der Waals surface area contributed by atoms with Gasteiger partial charge in [0.05, 0.1) is 0 Å². The van der Waals surface area contributed by atoms with E-state index in [9.17, 15) is 0 Å². The van der Waals surface area contributed by atoms with Crippen molar-refractivity contribution >= 4 is 135 Å². The summed E-state index contributed by atoms with van der Waals surface area (Å²) in [4.78, 5) is 0. The van der Waals surface area contributed by atoms with Crippen LogP contribution in [-0.4, -0.2) is 135 Å². The molecule has 0 aliphatic rings. The second-order valence-electron chi connectivity index (χ2n) is 0. The van der Waals surface area contributed by atoms with E-state index in [1.165, 1.54) is 0 Å². The standard InChI is InChI=1S/Bi.Ca.Cu.O.Pb.Sr.7H. The molecule has 0 aliphatic heterocycles. The van der Waals surface area contributed by atoms with Crippen LogP contribution in [0.15, 0.2) is 0 Å². The zero-order valence-electron chi connectivity index (χ0n) is 1.92. The monoisotopic (exact) mass is 631 g/mol. The van der Waals surface area contributed by atoms with E-state index in [0.717, 1.165) is 0 Å². The van der Waals surface area contributed by atoms with Crippen LogP contribution in [0.2, 0.25) is 0 Å². The van der Waals surface area contributed by atoms with Crippen LogP contribution in [-0.2, 0) is 19.9 Å². The summed E-state index contributed by atoms with van der Waals surface area (Å²) in [6.07, 6.45) is 0. The maximum absolute atomic E-state index is 8.39. The Kier molecular flexibility index (Phi) is 168. The molecule has 0 amide bonds. The first kappa shape index (κ1) is 30.7. The van der Waals surface area contributed by atoms with Crippen molar-refractivity contribution in [2.75, 3.05) is 0 Å². The Morgan fingerprint density at radius 2 is 1.17 bits per heavy atom. The van der Waals surface area contributed by atoms with Gasteiger partial charge >= 0.3 is 138 Å². The molecule has 0 atom stereocenters. The van der Waals surface area contributed by atoms with E-state index in [0.29, 0.717) is 0 Å². The third kappa shape index (κ3) is 23.2. The first-order chi connectivity index (χ1) is 1.00. The van der Waals surface area contributed by atoms with Crippen molar-refractivity contribution in [3.63, 3.8) is 0 Å². The van der Waals surface area contributed by atoms with Gasteiger partial charge in [0, 0.05) is 17.1 Å². The number of rotatable bonds is 0. The molecule has 0 saturated heterocycles. The summed E-state index contributed by atoms with van der Waals surface area (Å²) in [5, 5.41) is 0. The van der Waals surface area contributed by atoms with Gasteiger partial charge < -0.3 is 0 Å². The van der Waals surface area contributed by atoms with Crippen molar-refractivity contribution in [3.8, 4) is 0 Å². The molecule has 0 spiro atoms. The molecular weight excluding hydrogens is 623 g/mol. The number of hydrogen-bond donors (Lipinski definition) is 0. The molecule has 0 N–H and O–H groups in total. The molecule has 0 rings (SSSR count). The Morgan fingerprint density at radius 3 is 1.17 bits per heavy atom. The first-order valence-electron chi connectivity index (χ1n) is 0.204. The fraction of sp³-hybridized carbons (Fsp3) is 0. The Bertz CT molecular complexity index is 15.5. The van der Waals surface area contributed by atoms with Crippen molar-refractivity contribution in [3.05, 3.63) is 0 Å². The summed E-state index contributed by atoms with van der Waals surface area (Å²) in [7, 11) is 0. The second kappa shape index (κ2) is 32.8. The summed E-state index contributed by atoms with van der Waals surface area (Å²) in [6, 6.07) is 0. The summed E-state index contributed by atoms with van der Waals surface area (Å²) in [5.74, 6) is 0. The van der Waals surface area contributed by atoms with E-state index in [4.69, 9.17) is 2.81 Å². The van der Waals surface area contributed by atoms with E-state index in [1.54, 1.807) is 0 Å². The Hall–Kier alpha value is 4.86. The van der Waals surface area contributed by atoms with Crippen molar-refractivity contribution in [1.82, 2.24) is 0 Å². The van der Waals surface area contributed by atoms with Gasteiger partial charge in [-0.15, -0.1) is 0 Å². The van der Waals surface area contributed by atoms with Crippen LogP contribution in [0, 0.1) is 0 Å². The molecule has 0 fully saturated rings. The molecule has 6 heteroatoms. The maximum atomic E-state index is 8.39. The van der Waals surface area contributed by atoms with Gasteiger partial charge in [-0.2, -0.15) is 0 Å². The molecule has 0 aromatic rings. The van der Waals surface area contributed by atoms with Gasteiger partial charge in [0.2, 0.25) is 0 Å². The molecule has 37 valence electrons. The molecule has 3 radical (unpaired) electrons. The van der Waals surface area contributed by atoms with Crippen molar-refractivity contribution < 1.29 is 19.9 Å². The van der Waals surface area contributed by atoms with Crippen molar-refractivity contribution in [1.29, 1.82) is 0 Å². The van der Waals surface area contributed by atoms with Crippen LogP contribution < -0.4 is 0 Å². The quantitative estimate of drug-likeness (QED) is 0.254. The molecule has 6 heavy (non-hydrogen) atoms. The Balaban J connectivity index is -0.000000000833. The molecule has 0 aromatic carbocycles. The van der Waals surface area contributed by atoms with Gasteiger partial charge in [-0.3, -0.25) is 0 Å². The van der Waals surface area contributed by atoms with E-state index in [-0.39, 0.29) is 152 Å². The van der Waals surface area contributed by atoms with Crippen molar-refractivity contribution in [2.45, 2.75) is 0 Å². The third-order valence-corrected chi connectivity index (χ3v) is 0. The topological polar surface area (TPSA) is 17.1 Å². The normalized spacial score (nSPS) is 0.667. The van der Waals surface area contributed by atoms with Gasteiger partial charge in [-0.05, 0) is 0 Å². The molecule has 0 aliphatic carbocycles. The van der Waals surface area contributed by atoms with Crippen LogP contribution in [0.4, 0.5) is 0 Å². The molecule has 0 heterocycles. The first-order valence-corrected chi connectivity index (χ1v) is 1.79. The molecule has 0 aromatic heterocycles. The summed E-state index contributed by atoms with van der Waals surface area (Å²) >= 11 is 0.0556. The van der Waals surface area contributed by atoms with E-state index in [2.05, 4.69) is 0 Å². The number of hydrogen-bond acceptors (Lipinski definition) is 1. The van der Waals surface area contributed by atoms with Gasteiger partial charge in [-0.25, -0.2) is 0 Å². The second-order valence-corrected chi connectivity index (χ2v) is 0. The van der Waals surface area contributed by atoms with Crippen LogP contribution in [0.1, 0.15) is 0 Å². The fourth-order valence-corrected chi connectivity index (χ4v) is 0. The van der Waals surface area contributed by atoms with Gasteiger partial charge in [0.15, 0.2) is 0 Å². The SMILES string of the molecule is [CaH2].[Cu].[O]=[BiH].[PbH2].[SrH2]. The zero-order chi connectivity index (χ0) is 2.00. The van der Waals surface area contributed by atoms with Crippen LogP contribution in [0.5, 0.6) is 0 Å². The average Bonchev–Trinajstić information content (AvgIpc) is 1.00. The average molecular weight is 630 g/mol. The predicted molar refractivity (Wildman–Crippen MR) is 33.5 cm³/mol. The molecule has 1 nitrogen and oxygen atoms in total. The summed E-state index contributed by atoms with van der Waals surface area (Å²) < 4.78 is 8.39. The molecule has 0 saturated carbocycles. The molecule has 0 bridgehead atoms. The van der Waals surface area contributed by atoms with Crippen LogP contribution >= 0.6 is 0 Å². The Labute approximate surface area is 150 Å². The van der Waals surface area contributed by atoms with Gasteiger partial charge in [0.1, 0.15) is 0 Å². The molecular formula is H7BiCaCuOPbSr. The van der Waals surface area contributed by atoms with E-state index < -0.39 is 0 Å². The zero-order valence-corrected chi connectivity index (χ0v) is 12.2.